The molecule has 0 atom stereocenters. The van der Waals surface area contributed by atoms with Crippen LogP contribution in [-0.2, 0) is 10.2 Å². The number of carbonyl (C=O) groups is 1. The summed E-state index contributed by atoms with van der Waals surface area (Å²) in [6.45, 7) is 8.39. The Balaban J connectivity index is 2.85. The van der Waals surface area contributed by atoms with Gasteiger partial charge in [0.25, 0.3) is 0 Å². The summed E-state index contributed by atoms with van der Waals surface area (Å²) < 4.78 is 0. The number of aliphatic hydroxyl groups is 1. The van der Waals surface area contributed by atoms with Crippen LogP contribution in [0.15, 0.2) is 18.2 Å². The van der Waals surface area contributed by atoms with Gasteiger partial charge in [-0.25, -0.2) is 0 Å². The number of amides is 1. The molecule has 0 saturated carbocycles. The summed E-state index contributed by atoms with van der Waals surface area (Å²) in [5, 5.41) is 11.4. The SMILES string of the molecule is Cc1ccc(C(C)(C)CNC(=O)CO)c(C)c1. The van der Waals surface area contributed by atoms with Gasteiger partial charge >= 0.3 is 0 Å². The fourth-order valence-corrected chi connectivity index (χ4v) is 2.04. The molecule has 3 heteroatoms. The van der Waals surface area contributed by atoms with Crippen molar-refractivity contribution in [3.05, 3.63) is 34.9 Å². The highest BCUT2D eigenvalue weighted by atomic mass is 16.3. The first kappa shape index (κ1) is 13.7. The van der Waals surface area contributed by atoms with Crippen molar-refractivity contribution < 1.29 is 9.90 Å². The average molecular weight is 235 g/mol. The Hall–Kier alpha value is -1.35. The number of aryl methyl sites for hydroxylation is 2. The molecule has 0 radical (unpaired) electrons. The van der Waals surface area contributed by atoms with Crippen LogP contribution in [0.3, 0.4) is 0 Å². The Bertz CT molecular complexity index is 411. The molecule has 1 aromatic rings. The van der Waals surface area contributed by atoms with Gasteiger partial charge in [0.2, 0.25) is 5.91 Å². The molecule has 1 aromatic carbocycles. The summed E-state index contributed by atoms with van der Waals surface area (Å²) in [5.41, 5.74) is 3.55. The fraction of sp³-hybridized carbons (Fsp3) is 0.500. The van der Waals surface area contributed by atoms with E-state index in [0.717, 1.165) is 0 Å². The Morgan fingerprint density at radius 3 is 2.53 bits per heavy atom. The zero-order valence-corrected chi connectivity index (χ0v) is 11.0. The number of hydrogen-bond acceptors (Lipinski definition) is 2. The van der Waals surface area contributed by atoms with E-state index in [-0.39, 0.29) is 11.3 Å². The van der Waals surface area contributed by atoms with Crippen LogP contribution in [0.25, 0.3) is 0 Å². The van der Waals surface area contributed by atoms with E-state index >= 15 is 0 Å². The summed E-state index contributed by atoms with van der Waals surface area (Å²) in [5.74, 6) is -0.331. The Labute approximate surface area is 103 Å². The topological polar surface area (TPSA) is 49.3 Å². The smallest absolute Gasteiger partial charge is 0.245 e. The number of rotatable bonds is 4. The lowest BCUT2D eigenvalue weighted by atomic mass is 9.81. The molecule has 0 aromatic heterocycles. The molecule has 0 spiro atoms. The molecule has 1 rings (SSSR count). The Morgan fingerprint density at radius 2 is 2.00 bits per heavy atom. The van der Waals surface area contributed by atoms with Gasteiger partial charge in [0.05, 0.1) is 0 Å². The second kappa shape index (κ2) is 5.32. The normalized spacial score (nSPS) is 11.4. The highest BCUT2D eigenvalue weighted by Crippen LogP contribution is 2.26. The monoisotopic (exact) mass is 235 g/mol. The predicted octanol–water partition coefficient (Wildman–Crippen LogP) is 1.69. The van der Waals surface area contributed by atoms with Gasteiger partial charge in [-0.15, -0.1) is 0 Å². The zero-order valence-electron chi connectivity index (χ0n) is 11.0. The van der Waals surface area contributed by atoms with Gasteiger partial charge < -0.3 is 10.4 Å². The van der Waals surface area contributed by atoms with Crippen LogP contribution in [0.2, 0.25) is 0 Å². The van der Waals surface area contributed by atoms with Crippen molar-refractivity contribution in [1.82, 2.24) is 5.32 Å². The third kappa shape index (κ3) is 3.56. The maximum atomic E-state index is 11.1. The standard InChI is InChI=1S/C14H21NO2/c1-10-5-6-12(11(2)7-10)14(3,4)9-15-13(17)8-16/h5-7,16H,8-9H2,1-4H3,(H,15,17). The van der Waals surface area contributed by atoms with Gasteiger partial charge in [-0.05, 0) is 25.0 Å². The van der Waals surface area contributed by atoms with Crippen LogP contribution in [-0.4, -0.2) is 24.2 Å². The molecular formula is C14H21NO2. The highest BCUT2D eigenvalue weighted by molar-refractivity contribution is 5.77. The van der Waals surface area contributed by atoms with E-state index in [2.05, 4.69) is 51.2 Å². The molecule has 0 aliphatic rings. The third-order valence-electron chi connectivity index (χ3n) is 2.98. The lowest BCUT2D eigenvalue weighted by Crippen LogP contribution is -2.38. The van der Waals surface area contributed by atoms with E-state index < -0.39 is 6.61 Å². The van der Waals surface area contributed by atoms with Gasteiger partial charge in [-0.1, -0.05) is 37.6 Å². The Kier molecular flexibility index (Phi) is 4.29. The molecule has 0 saturated heterocycles. The largest absolute Gasteiger partial charge is 0.387 e. The van der Waals surface area contributed by atoms with Crippen molar-refractivity contribution >= 4 is 5.91 Å². The van der Waals surface area contributed by atoms with Crippen LogP contribution in [0.4, 0.5) is 0 Å². The zero-order chi connectivity index (χ0) is 13.1. The lowest BCUT2D eigenvalue weighted by molar-refractivity contribution is -0.124. The van der Waals surface area contributed by atoms with Gasteiger partial charge in [-0.2, -0.15) is 0 Å². The molecule has 94 valence electrons. The van der Waals surface area contributed by atoms with Crippen LogP contribution in [0, 0.1) is 13.8 Å². The molecule has 1 amide bonds. The fourth-order valence-electron chi connectivity index (χ4n) is 2.04. The van der Waals surface area contributed by atoms with Crippen molar-refractivity contribution in [2.24, 2.45) is 0 Å². The second-order valence-electron chi connectivity index (χ2n) is 5.14. The van der Waals surface area contributed by atoms with Gasteiger partial charge in [0, 0.05) is 12.0 Å². The molecule has 0 heterocycles. The molecule has 3 nitrogen and oxygen atoms in total. The van der Waals surface area contributed by atoms with Crippen LogP contribution >= 0.6 is 0 Å². The predicted molar refractivity (Wildman–Crippen MR) is 69.0 cm³/mol. The summed E-state index contributed by atoms with van der Waals surface area (Å²) in [7, 11) is 0. The van der Waals surface area contributed by atoms with Crippen molar-refractivity contribution in [3.63, 3.8) is 0 Å². The minimum absolute atomic E-state index is 0.136. The first-order valence-corrected chi connectivity index (χ1v) is 5.82. The highest BCUT2D eigenvalue weighted by Gasteiger charge is 2.22. The maximum absolute atomic E-state index is 11.1. The summed E-state index contributed by atoms with van der Waals surface area (Å²) in [4.78, 5) is 11.1. The number of aliphatic hydroxyl groups excluding tert-OH is 1. The molecule has 0 aliphatic carbocycles. The minimum atomic E-state index is -0.455. The van der Waals surface area contributed by atoms with Gasteiger partial charge in [0.1, 0.15) is 6.61 Å². The molecule has 0 fully saturated rings. The van der Waals surface area contributed by atoms with E-state index in [0.29, 0.717) is 6.54 Å². The number of benzene rings is 1. The third-order valence-corrected chi connectivity index (χ3v) is 2.98. The molecule has 0 aliphatic heterocycles. The number of carbonyl (C=O) groups excluding carboxylic acids is 1. The van der Waals surface area contributed by atoms with Gasteiger partial charge in [-0.3, -0.25) is 4.79 Å². The van der Waals surface area contributed by atoms with E-state index in [9.17, 15) is 4.79 Å². The summed E-state index contributed by atoms with van der Waals surface area (Å²) in [6, 6.07) is 6.33. The lowest BCUT2D eigenvalue weighted by Gasteiger charge is -2.27. The van der Waals surface area contributed by atoms with Crippen molar-refractivity contribution in [2.45, 2.75) is 33.1 Å². The van der Waals surface area contributed by atoms with Crippen LogP contribution < -0.4 is 5.32 Å². The number of nitrogens with one attached hydrogen (secondary N) is 1. The first-order valence-electron chi connectivity index (χ1n) is 5.82. The van der Waals surface area contributed by atoms with Crippen molar-refractivity contribution in [3.8, 4) is 0 Å². The van der Waals surface area contributed by atoms with Crippen LogP contribution in [0.5, 0.6) is 0 Å². The van der Waals surface area contributed by atoms with E-state index in [1.165, 1.54) is 16.7 Å². The van der Waals surface area contributed by atoms with Gasteiger partial charge in [0.15, 0.2) is 0 Å². The van der Waals surface area contributed by atoms with E-state index in [1.54, 1.807) is 0 Å². The van der Waals surface area contributed by atoms with Crippen LogP contribution in [0.1, 0.15) is 30.5 Å². The molecule has 2 N–H and O–H groups in total. The molecule has 17 heavy (non-hydrogen) atoms. The number of hydrogen-bond donors (Lipinski definition) is 2. The Morgan fingerprint density at radius 1 is 1.35 bits per heavy atom. The first-order chi connectivity index (χ1) is 7.86. The van der Waals surface area contributed by atoms with Crippen molar-refractivity contribution in [1.29, 1.82) is 0 Å². The summed E-state index contributed by atoms with van der Waals surface area (Å²) in [6.07, 6.45) is 0. The molecule has 0 unspecified atom stereocenters. The van der Waals surface area contributed by atoms with E-state index in [4.69, 9.17) is 5.11 Å². The van der Waals surface area contributed by atoms with E-state index in [1.807, 2.05) is 0 Å². The van der Waals surface area contributed by atoms with Crippen molar-refractivity contribution in [2.75, 3.05) is 13.2 Å². The maximum Gasteiger partial charge on any atom is 0.245 e. The molecule has 0 bridgehead atoms. The second-order valence-corrected chi connectivity index (χ2v) is 5.14. The minimum Gasteiger partial charge on any atom is -0.387 e. The molecular weight excluding hydrogens is 214 g/mol. The average Bonchev–Trinajstić information content (AvgIpc) is 2.25. The summed E-state index contributed by atoms with van der Waals surface area (Å²) >= 11 is 0. The quantitative estimate of drug-likeness (QED) is 0.834.